The molecule has 0 spiro atoms. The summed E-state index contributed by atoms with van der Waals surface area (Å²) in [5.41, 5.74) is 3.96. The average Bonchev–Trinajstić information content (AvgIpc) is 3.85. The van der Waals surface area contributed by atoms with Gasteiger partial charge in [-0.3, -0.25) is 18.8 Å². The highest BCUT2D eigenvalue weighted by Gasteiger charge is 2.35. The molecule has 4 heterocycles. The maximum Gasteiger partial charge on any atom is 0.416 e. The van der Waals surface area contributed by atoms with Crippen molar-refractivity contribution in [3.05, 3.63) is 107 Å². The zero-order valence-corrected chi connectivity index (χ0v) is 30.1. The summed E-state index contributed by atoms with van der Waals surface area (Å²) in [6, 6.07) is 13.3. The molecule has 5 aromatic rings. The van der Waals surface area contributed by atoms with Crippen LogP contribution in [0.4, 0.5) is 30.2 Å². The fourth-order valence-corrected chi connectivity index (χ4v) is 6.42. The van der Waals surface area contributed by atoms with Crippen molar-refractivity contribution < 1.29 is 18.0 Å². The molecule has 272 valence electrons. The number of hydrogen-bond donors (Lipinski definition) is 2. The topological polar surface area (TPSA) is 86.0 Å². The fraction of sp³-hybridized carbons (Fsp3) is 0.359. The Balaban J connectivity index is 1.19. The largest absolute Gasteiger partial charge is 0.416 e. The maximum atomic E-state index is 14.2. The van der Waals surface area contributed by atoms with Gasteiger partial charge in [0.1, 0.15) is 5.69 Å². The molecule has 0 bridgehead atoms. The lowest BCUT2D eigenvalue weighted by molar-refractivity contribution is -0.138. The van der Waals surface area contributed by atoms with Crippen LogP contribution >= 0.6 is 0 Å². The van der Waals surface area contributed by atoms with Crippen LogP contribution in [0.5, 0.6) is 0 Å². The quantitative estimate of drug-likeness (QED) is 0.155. The number of anilines is 3. The molecule has 13 heteroatoms. The van der Waals surface area contributed by atoms with E-state index in [1.165, 1.54) is 12.1 Å². The van der Waals surface area contributed by atoms with E-state index in [-0.39, 0.29) is 23.4 Å². The summed E-state index contributed by atoms with van der Waals surface area (Å²) in [7, 11) is 8.06. The van der Waals surface area contributed by atoms with Gasteiger partial charge in [0.05, 0.1) is 34.9 Å². The van der Waals surface area contributed by atoms with Crippen molar-refractivity contribution in [1.82, 2.24) is 33.9 Å². The van der Waals surface area contributed by atoms with E-state index >= 15 is 0 Å². The number of nitrogens with zero attached hydrogens (tertiary/aromatic N) is 7. The van der Waals surface area contributed by atoms with Crippen LogP contribution in [0.2, 0.25) is 0 Å². The van der Waals surface area contributed by atoms with Gasteiger partial charge in [-0.25, -0.2) is 4.98 Å². The van der Waals surface area contributed by atoms with Crippen LogP contribution in [-0.4, -0.2) is 93.6 Å². The average molecular weight is 712 g/mol. The third kappa shape index (κ3) is 8.82. The highest BCUT2D eigenvalue weighted by molar-refractivity contribution is 6.06. The van der Waals surface area contributed by atoms with Gasteiger partial charge in [-0.15, -0.1) is 0 Å². The number of aryl methyl sites for hydroxylation is 2. The number of carbonyl (C=O) groups is 1. The number of carbonyl (C=O) groups excluding carboxylic acids is 1. The maximum absolute atomic E-state index is 14.2. The second-order valence-electron chi connectivity index (χ2n) is 13.8. The minimum absolute atomic E-state index is 0.0640. The van der Waals surface area contributed by atoms with Gasteiger partial charge in [-0.1, -0.05) is 18.1 Å². The standard InChI is InChI=1S/C39H44F3N9O/c1-27-9-14-34(38(52)46-30-12-10-29(35(21-30)39(40,41)42)24-49-19-15-33(26-49)48(4)5)28(20-27)11-13-32-23-43-37-36(8-6-18-51(32)37)45-31-22-44-50(25-31)17-7-16-47(2)3/h6,8-10,12,14,18,20-23,25,33,45H,7,15-17,19,24,26H2,1-5H3,(H,46,52). The van der Waals surface area contributed by atoms with E-state index in [1.807, 2.05) is 73.6 Å². The van der Waals surface area contributed by atoms with Gasteiger partial charge < -0.3 is 20.4 Å². The number of likely N-dealkylation sites (N-methyl/N-ethyl adjacent to an activating group) is 1. The van der Waals surface area contributed by atoms with Crippen molar-refractivity contribution in [2.24, 2.45) is 0 Å². The molecule has 0 radical (unpaired) electrons. The number of amides is 1. The molecule has 2 aromatic carbocycles. The van der Waals surface area contributed by atoms with Crippen molar-refractivity contribution in [1.29, 1.82) is 0 Å². The van der Waals surface area contributed by atoms with Gasteiger partial charge in [-0.2, -0.15) is 18.3 Å². The predicted molar refractivity (Wildman–Crippen MR) is 198 cm³/mol. The van der Waals surface area contributed by atoms with E-state index in [2.05, 4.69) is 42.4 Å². The van der Waals surface area contributed by atoms with E-state index in [0.29, 0.717) is 29.5 Å². The SMILES string of the molecule is Cc1ccc(C(=O)Nc2ccc(CN3CCC(N(C)C)C3)c(C(F)(F)F)c2)c(C#Cc2cnc3c(Nc4cnn(CCCN(C)C)c4)cccn23)c1. The fourth-order valence-electron chi connectivity index (χ4n) is 6.42. The van der Waals surface area contributed by atoms with Crippen LogP contribution in [0.15, 0.2) is 73.3 Å². The van der Waals surface area contributed by atoms with E-state index < -0.39 is 17.6 Å². The Morgan fingerprint density at radius 3 is 2.62 bits per heavy atom. The summed E-state index contributed by atoms with van der Waals surface area (Å²) in [4.78, 5) is 24.4. The summed E-state index contributed by atoms with van der Waals surface area (Å²) in [6.45, 7) is 5.29. The Morgan fingerprint density at radius 1 is 1.04 bits per heavy atom. The van der Waals surface area contributed by atoms with Crippen LogP contribution in [0, 0.1) is 18.8 Å². The zero-order chi connectivity index (χ0) is 37.0. The predicted octanol–water partition coefficient (Wildman–Crippen LogP) is 6.34. The van der Waals surface area contributed by atoms with Gasteiger partial charge in [-0.05, 0) is 108 Å². The summed E-state index contributed by atoms with van der Waals surface area (Å²) >= 11 is 0. The Bertz CT molecular complexity index is 2110. The monoisotopic (exact) mass is 711 g/mol. The summed E-state index contributed by atoms with van der Waals surface area (Å²) in [5, 5.41) is 10.5. The van der Waals surface area contributed by atoms with Gasteiger partial charge in [0, 0.05) is 55.9 Å². The van der Waals surface area contributed by atoms with E-state index in [9.17, 15) is 18.0 Å². The molecule has 1 saturated heterocycles. The smallest absolute Gasteiger partial charge is 0.350 e. The molecule has 6 rings (SSSR count). The van der Waals surface area contributed by atoms with Gasteiger partial charge in [0.2, 0.25) is 0 Å². The van der Waals surface area contributed by atoms with Crippen LogP contribution in [-0.2, 0) is 19.3 Å². The van der Waals surface area contributed by atoms with E-state index in [1.54, 1.807) is 30.6 Å². The highest BCUT2D eigenvalue weighted by Crippen LogP contribution is 2.35. The number of pyridine rings is 1. The summed E-state index contributed by atoms with van der Waals surface area (Å²) in [6.07, 6.45) is 4.58. The number of fused-ring (bicyclic) bond motifs is 1. The zero-order valence-electron chi connectivity index (χ0n) is 30.1. The molecule has 3 aromatic heterocycles. The van der Waals surface area contributed by atoms with E-state index in [4.69, 9.17) is 0 Å². The Morgan fingerprint density at radius 2 is 1.87 bits per heavy atom. The first-order valence-corrected chi connectivity index (χ1v) is 17.3. The molecule has 2 N–H and O–H groups in total. The Kier molecular flexibility index (Phi) is 11.0. The summed E-state index contributed by atoms with van der Waals surface area (Å²) < 4.78 is 46.5. The van der Waals surface area contributed by atoms with Crippen LogP contribution in [0.1, 0.15) is 51.1 Å². The van der Waals surface area contributed by atoms with Gasteiger partial charge in [0.15, 0.2) is 5.65 Å². The van der Waals surface area contributed by atoms with Crippen molar-refractivity contribution in [3.63, 3.8) is 0 Å². The minimum Gasteiger partial charge on any atom is -0.350 e. The molecule has 52 heavy (non-hydrogen) atoms. The van der Waals surface area contributed by atoms with Crippen molar-refractivity contribution >= 4 is 28.6 Å². The number of nitrogens with one attached hydrogen (secondary N) is 2. The van der Waals surface area contributed by atoms with Crippen molar-refractivity contribution in [2.45, 2.75) is 45.1 Å². The first kappa shape index (κ1) is 36.6. The van der Waals surface area contributed by atoms with Crippen molar-refractivity contribution in [2.75, 3.05) is 58.5 Å². The molecule has 0 aliphatic carbocycles. The van der Waals surface area contributed by atoms with Crippen LogP contribution in [0.3, 0.4) is 0 Å². The number of alkyl halides is 3. The molecule has 0 saturated carbocycles. The second kappa shape index (κ2) is 15.6. The lowest BCUT2D eigenvalue weighted by Gasteiger charge is -2.22. The molecular formula is C39H44F3N9O. The number of likely N-dealkylation sites (tertiary alicyclic amines) is 1. The number of aromatic nitrogens is 4. The van der Waals surface area contributed by atoms with Gasteiger partial charge in [0.25, 0.3) is 5.91 Å². The highest BCUT2D eigenvalue weighted by atomic mass is 19.4. The second-order valence-corrected chi connectivity index (χ2v) is 13.8. The molecule has 1 aliphatic heterocycles. The Labute approximate surface area is 302 Å². The number of rotatable bonds is 11. The van der Waals surface area contributed by atoms with Crippen LogP contribution < -0.4 is 10.6 Å². The lowest BCUT2D eigenvalue weighted by Crippen LogP contribution is -2.31. The first-order valence-electron chi connectivity index (χ1n) is 17.3. The molecule has 10 nitrogen and oxygen atoms in total. The third-order valence-electron chi connectivity index (χ3n) is 9.23. The molecule has 1 fully saturated rings. The van der Waals surface area contributed by atoms with E-state index in [0.717, 1.165) is 55.5 Å². The number of hydrogen-bond acceptors (Lipinski definition) is 7. The molecule has 1 amide bonds. The molecule has 1 unspecified atom stereocenters. The molecular weight excluding hydrogens is 667 g/mol. The lowest BCUT2D eigenvalue weighted by atomic mass is 10.0. The normalized spacial score (nSPS) is 15.0. The number of benzene rings is 2. The summed E-state index contributed by atoms with van der Waals surface area (Å²) in [5.74, 6) is 5.71. The Hall–Kier alpha value is -5.16. The minimum atomic E-state index is -4.57. The third-order valence-corrected chi connectivity index (χ3v) is 9.23. The first-order chi connectivity index (χ1) is 24.8. The number of imidazole rings is 1. The van der Waals surface area contributed by atoms with Crippen molar-refractivity contribution in [3.8, 4) is 11.8 Å². The molecule has 1 aliphatic rings. The molecule has 1 atom stereocenters. The van der Waals surface area contributed by atoms with Crippen LogP contribution in [0.25, 0.3) is 5.65 Å². The number of halogens is 3. The van der Waals surface area contributed by atoms with Gasteiger partial charge >= 0.3 is 6.18 Å².